The Morgan fingerprint density at radius 2 is 0.796 bits per heavy atom. The lowest BCUT2D eigenvalue weighted by Gasteiger charge is -2.40. The molecule has 1 aliphatic heterocycles. The van der Waals surface area contributed by atoms with E-state index >= 15 is 0 Å². The molecule has 0 N–H and O–H groups in total. The minimum absolute atomic E-state index is 0.771. The van der Waals surface area contributed by atoms with Gasteiger partial charge in [-0.25, -0.2) is 0 Å². The maximum Gasteiger partial charge on any atom is 0.104 e. The number of benzene rings is 2. The molecule has 0 radical (unpaired) electrons. The molecule has 3 heterocycles. The van der Waals surface area contributed by atoms with Crippen LogP contribution in [0.1, 0.15) is 137 Å². The van der Waals surface area contributed by atoms with Crippen LogP contribution in [0.25, 0.3) is 20.2 Å². The van der Waals surface area contributed by atoms with E-state index in [0.29, 0.717) is 0 Å². The molecule has 0 unspecified atom stereocenters. The molecule has 0 nitrogen and oxygen atoms in total. The fourth-order valence-corrected chi connectivity index (χ4v) is 19.4. The normalized spacial score (nSPS) is 29.0. The van der Waals surface area contributed by atoms with Gasteiger partial charge in [0, 0.05) is 19.2 Å². The molecule has 49 heavy (non-hydrogen) atoms. The molecule has 0 spiro atoms. The lowest BCUT2D eigenvalue weighted by molar-refractivity contribution is 0.349. The van der Waals surface area contributed by atoms with Gasteiger partial charge in [0.15, 0.2) is 0 Å². The van der Waals surface area contributed by atoms with Crippen molar-refractivity contribution in [1.29, 1.82) is 0 Å². The second-order valence-corrected chi connectivity index (χ2v) is 24.0. The average molecular weight is 703 g/mol. The lowest BCUT2D eigenvalue weighted by atomic mass is 9.70. The van der Waals surface area contributed by atoms with Crippen LogP contribution in [0.5, 0.6) is 0 Å². The number of allylic oxidation sites excluding steroid dienone is 4. The number of thiophene rings is 2. The Kier molecular flexibility index (Phi) is 9.33. The summed E-state index contributed by atoms with van der Waals surface area (Å²) in [4.78, 5) is 3.34. The fraction of sp³-hybridized carbons (Fsp3) is 0.565. The van der Waals surface area contributed by atoms with E-state index < -0.39 is 8.07 Å². The molecular weight excluding hydrogens is 645 g/mol. The average Bonchev–Trinajstić information content (AvgIpc) is 3.85. The van der Waals surface area contributed by atoms with Gasteiger partial charge in [-0.05, 0) is 159 Å². The molecule has 4 aliphatic carbocycles. The van der Waals surface area contributed by atoms with E-state index in [4.69, 9.17) is 0 Å². The Morgan fingerprint density at radius 1 is 0.429 bits per heavy atom. The molecular formula is C46H58S2Si. The monoisotopic (exact) mass is 702 g/mol. The number of rotatable bonds is 6. The minimum Gasteiger partial charge on any atom is -0.140 e. The molecule has 9 rings (SSSR count). The summed E-state index contributed by atoms with van der Waals surface area (Å²) in [5, 5.41) is 7.17. The van der Waals surface area contributed by atoms with Gasteiger partial charge < -0.3 is 0 Å². The molecule has 0 saturated heterocycles. The lowest BCUT2D eigenvalue weighted by Crippen LogP contribution is -2.39. The molecule has 0 atom stereocenters. The van der Waals surface area contributed by atoms with Crippen molar-refractivity contribution < 1.29 is 0 Å². The molecule has 2 aromatic heterocycles. The molecule has 3 heteroatoms. The van der Waals surface area contributed by atoms with Gasteiger partial charge in [0.05, 0.1) is 0 Å². The van der Waals surface area contributed by atoms with Crippen LogP contribution >= 0.6 is 22.7 Å². The highest BCUT2D eigenvalue weighted by atomic mass is 32.1. The van der Waals surface area contributed by atoms with Gasteiger partial charge in [-0.2, -0.15) is 0 Å². The summed E-state index contributed by atoms with van der Waals surface area (Å²) in [5.74, 6) is 4.95. The van der Waals surface area contributed by atoms with E-state index in [0.717, 1.165) is 35.5 Å². The van der Waals surface area contributed by atoms with Crippen LogP contribution in [0.15, 0.2) is 82.2 Å². The third-order valence-corrected chi connectivity index (χ3v) is 20.8. The van der Waals surface area contributed by atoms with Crippen molar-refractivity contribution >= 4 is 50.9 Å². The summed E-state index contributed by atoms with van der Waals surface area (Å²) in [6.07, 6.45) is 26.1. The van der Waals surface area contributed by atoms with E-state index in [-0.39, 0.29) is 0 Å². The van der Waals surface area contributed by atoms with Gasteiger partial charge >= 0.3 is 0 Å². The van der Waals surface area contributed by atoms with Gasteiger partial charge in [-0.1, -0.05) is 98.4 Å². The third kappa shape index (κ3) is 6.20. The first kappa shape index (κ1) is 32.9. The zero-order chi connectivity index (χ0) is 33.0. The van der Waals surface area contributed by atoms with E-state index in [1.165, 1.54) is 136 Å². The molecule has 2 aromatic carbocycles. The Hall–Kier alpha value is -1.94. The Labute approximate surface area is 305 Å². The quantitative estimate of drug-likeness (QED) is 0.175. The molecule has 0 amide bonds. The largest absolute Gasteiger partial charge is 0.140 e. The predicted molar refractivity (Wildman–Crippen MR) is 218 cm³/mol. The van der Waals surface area contributed by atoms with Crippen LogP contribution in [0.3, 0.4) is 0 Å². The minimum atomic E-state index is -1.76. The smallest absolute Gasteiger partial charge is 0.104 e. The van der Waals surface area contributed by atoms with Gasteiger partial charge in [-0.15, -0.1) is 22.7 Å². The zero-order valence-electron chi connectivity index (χ0n) is 30.3. The maximum atomic E-state index is 2.88. The van der Waals surface area contributed by atoms with E-state index in [1.807, 2.05) is 0 Å². The molecule has 5 aliphatic rings. The summed E-state index contributed by atoms with van der Waals surface area (Å²) in [7, 11) is -1.76. The fourth-order valence-electron chi connectivity index (χ4n) is 12.0. The van der Waals surface area contributed by atoms with Crippen LogP contribution in [0.2, 0.25) is 13.1 Å². The summed E-state index contributed by atoms with van der Waals surface area (Å²) in [6.45, 7) is 5.76. The van der Waals surface area contributed by atoms with E-state index in [9.17, 15) is 0 Å². The van der Waals surface area contributed by atoms with Crippen LogP contribution in [-0.2, 0) is 0 Å². The molecule has 4 aromatic rings. The standard InChI is InChI=1S/C46H58S2Si/c1-49(2)45(35-25-21-31(22-26-35)41-29-37-17-9-11-19-39(37)47-41)43(33-13-5-3-6-14-33)44(34-15-7-4-8-16-34)46(49)36-27-23-32(24-28-36)42-30-38-18-10-12-20-40(38)48-42/h9-12,17-20,29-36H,3-8,13-16,21-28H2,1-2H3. The topological polar surface area (TPSA) is 0 Å². The van der Waals surface area contributed by atoms with E-state index in [1.54, 1.807) is 9.75 Å². The van der Waals surface area contributed by atoms with Crippen molar-refractivity contribution in [2.45, 2.75) is 141 Å². The summed E-state index contributed by atoms with van der Waals surface area (Å²) in [6, 6.07) is 23.3. The number of fused-ring (bicyclic) bond motifs is 2. The first-order chi connectivity index (χ1) is 24.0. The first-order valence-corrected chi connectivity index (χ1v) is 25.1. The van der Waals surface area contributed by atoms with Crippen molar-refractivity contribution in [2.75, 3.05) is 0 Å². The van der Waals surface area contributed by atoms with Crippen LogP contribution in [0, 0.1) is 23.7 Å². The van der Waals surface area contributed by atoms with Crippen LogP contribution < -0.4 is 0 Å². The first-order valence-electron chi connectivity index (χ1n) is 20.5. The van der Waals surface area contributed by atoms with Gasteiger partial charge in [0.1, 0.15) is 8.07 Å². The van der Waals surface area contributed by atoms with Gasteiger partial charge in [0.25, 0.3) is 0 Å². The second-order valence-electron chi connectivity index (χ2n) is 17.4. The van der Waals surface area contributed by atoms with Crippen molar-refractivity contribution in [3.05, 3.63) is 92.0 Å². The SMILES string of the molecule is C[Si]1(C)C(C2CCC(c3cc4ccccc4s3)CC2)=C(C2CCCCC2)C(C2CCCCC2)=C1C1CCC(c2cc3ccccc3s2)CC1. The molecule has 0 bridgehead atoms. The van der Waals surface area contributed by atoms with Gasteiger partial charge in [-0.3, -0.25) is 0 Å². The maximum absolute atomic E-state index is 2.88. The number of hydrogen-bond donors (Lipinski definition) is 0. The summed E-state index contributed by atoms with van der Waals surface area (Å²) in [5.41, 5.74) is 4.10. The Balaban J connectivity index is 1.04. The van der Waals surface area contributed by atoms with Crippen molar-refractivity contribution in [2.24, 2.45) is 23.7 Å². The predicted octanol–water partition coefficient (Wildman–Crippen LogP) is 14.9. The Morgan fingerprint density at radius 3 is 1.18 bits per heavy atom. The number of hydrogen-bond acceptors (Lipinski definition) is 2. The second kappa shape index (κ2) is 13.9. The Bertz CT molecular complexity index is 1640. The summed E-state index contributed by atoms with van der Waals surface area (Å²) >= 11 is 4.17. The van der Waals surface area contributed by atoms with E-state index in [2.05, 4.69) is 118 Å². The van der Waals surface area contributed by atoms with Crippen LogP contribution in [0.4, 0.5) is 0 Å². The van der Waals surface area contributed by atoms with Crippen LogP contribution in [-0.4, -0.2) is 8.07 Å². The van der Waals surface area contributed by atoms with Gasteiger partial charge in [0.2, 0.25) is 0 Å². The zero-order valence-corrected chi connectivity index (χ0v) is 32.9. The molecule has 4 fully saturated rings. The third-order valence-electron chi connectivity index (χ3n) is 14.2. The molecule has 258 valence electrons. The van der Waals surface area contributed by atoms with Crippen molar-refractivity contribution in [1.82, 2.24) is 0 Å². The molecule has 4 saturated carbocycles. The van der Waals surface area contributed by atoms with Crippen molar-refractivity contribution in [3.63, 3.8) is 0 Å². The summed E-state index contributed by atoms with van der Waals surface area (Å²) < 4.78 is 2.97. The highest BCUT2D eigenvalue weighted by molar-refractivity contribution is 7.19. The highest BCUT2D eigenvalue weighted by Crippen LogP contribution is 2.59. The van der Waals surface area contributed by atoms with Crippen molar-refractivity contribution in [3.8, 4) is 0 Å². The highest BCUT2D eigenvalue weighted by Gasteiger charge is 2.50.